The summed E-state index contributed by atoms with van der Waals surface area (Å²) < 4.78 is 26.5. The summed E-state index contributed by atoms with van der Waals surface area (Å²) in [4.78, 5) is 43.0. The van der Waals surface area contributed by atoms with E-state index in [0.717, 1.165) is 38.5 Å². The lowest BCUT2D eigenvalue weighted by atomic mass is 10.1. The van der Waals surface area contributed by atoms with Gasteiger partial charge in [0.1, 0.15) is 6.61 Å². The van der Waals surface area contributed by atoms with Crippen LogP contribution in [0.25, 0.3) is 0 Å². The van der Waals surface area contributed by atoms with Crippen LogP contribution in [0.3, 0.4) is 0 Å². The summed E-state index contributed by atoms with van der Waals surface area (Å²) in [6.07, 6.45) is 50.4. The van der Waals surface area contributed by atoms with Gasteiger partial charge in [0.05, 0.1) is 6.61 Å². The summed E-state index contributed by atoms with van der Waals surface area (Å²) in [6, 6.07) is 0. The van der Waals surface area contributed by atoms with Crippen LogP contribution in [0.2, 0.25) is 0 Å². The fourth-order valence-corrected chi connectivity index (χ4v) is 7.25. The van der Waals surface area contributed by atoms with Crippen molar-refractivity contribution in [1.29, 1.82) is 0 Å². The Hall–Kier alpha value is -1.47. The molecule has 0 aromatic carbocycles. The molecule has 0 aliphatic carbocycles. The van der Waals surface area contributed by atoms with Gasteiger partial charge in [-0.1, -0.05) is 192 Å². The molecule has 0 heterocycles. The van der Waals surface area contributed by atoms with Crippen molar-refractivity contribution < 1.29 is 37.9 Å². The first-order chi connectivity index (χ1) is 27.3. The Morgan fingerprint density at radius 3 is 1.09 bits per heavy atom. The molecular formula is C47H89O8P. The first kappa shape index (κ1) is 54.5. The predicted octanol–water partition coefficient (Wildman–Crippen LogP) is 14.7. The zero-order valence-corrected chi connectivity index (χ0v) is 37.4. The molecule has 56 heavy (non-hydrogen) atoms. The molecule has 0 amide bonds. The molecule has 0 fully saturated rings. The Morgan fingerprint density at radius 1 is 0.446 bits per heavy atom. The quantitative estimate of drug-likeness (QED) is 0.0270. The van der Waals surface area contributed by atoms with Gasteiger partial charge in [-0.05, 0) is 64.2 Å². The Kier molecular flexibility index (Phi) is 42.0. The first-order valence-electron chi connectivity index (χ1n) is 23.6. The average Bonchev–Trinajstić information content (AvgIpc) is 3.17. The number of phosphoric ester groups is 1. The summed E-state index contributed by atoms with van der Waals surface area (Å²) in [7, 11) is -4.76. The van der Waals surface area contributed by atoms with Crippen LogP contribution in [0.5, 0.6) is 0 Å². The van der Waals surface area contributed by atoms with Crippen LogP contribution in [-0.2, 0) is 28.2 Å². The van der Waals surface area contributed by atoms with Gasteiger partial charge in [-0.25, -0.2) is 4.57 Å². The molecule has 0 aliphatic rings. The standard InChI is InChI=1S/C47H89O8P/c1-3-5-7-9-11-13-15-17-19-21-23-25-27-29-31-33-35-37-39-41-46(48)53-43-45(44-54-56(50,51)52)55-47(49)42-40-38-36-34-32-30-28-26-24-22-20-18-16-14-12-10-8-6-4-2/h17-20,45H,3-16,21-44H2,1-2H3,(H2,50,51,52)/b19-17+,20-18+/t45-/m1/s1. The number of esters is 2. The minimum Gasteiger partial charge on any atom is -0.462 e. The number of rotatable bonds is 44. The molecule has 330 valence electrons. The van der Waals surface area contributed by atoms with Gasteiger partial charge in [0, 0.05) is 12.8 Å². The molecule has 0 saturated heterocycles. The number of unbranched alkanes of at least 4 members (excludes halogenated alkanes) is 30. The average molecular weight is 813 g/mol. The van der Waals surface area contributed by atoms with E-state index in [0.29, 0.717) is 6.42 Å². The number of carbonyl (C=O) groups is 2. The van der Waals surface area contributed by atoms with Gasteiger partial charge in [0.25, 0.3) is 0 Å². The fourth-order valence-electron chi connectivity index (χ4n) is 6.89. The van der Waals surface area contributed by atoms with E-state index in [1.54, 1.807) is 0 Å². The van der Waals surface area contributed by atoms with Gasteiger partial charge in [-0.15, -0.1) is 0 Å². The normalized spacial score (nSPS) is 12.6. The van der Waals surface area contributed by atoms with Gasteiger partial charge < -0.3 is 19.3 Å². The summed E-state index contributed by atoms with van der Waals surface area (Å²) in [6.45, 7) is 3.71. The van der Waals surface area contributed by atoms with Crippen molar-refractivity contribution in [3.05, 3.63) is 24.3 Å². The Bertz CT molecular complexity index is 962. The van der Waals surface area contributed by atoms with Crippen LogP contribution >= 0.6 is 7.82 Å². The van der Waals surface area contributed by atoms with Crippen LogP contribution in [0.1, 0.15) is 245 Å². The third kappa shape index (κ3) is 45.2. The van der Waals surface area contributed by atoms with E-state index in [4.69, 9.17) is 19.3 Å². The molecule has 0 aromatic heterocycles. The Labute approximate surface area is 345 Å². The number of phosphoric acid groups is 1. The lowest BCUT2D eigenvalue weighted by molar-refractivity contribution is -0.161. The second-order valence-corrected chi connectivity index (χ2v) is 17.3. The summed E-state index contributed by atoms with van der Waals surface area (Å²) in [5, 5.41) is 0. The van der Waals surface area contributed by atoms with Crippen LogP contribution < -0.4 is 0 Å². The molecule has 0 bridgehead atoms. The molecule has 2 N–H and O–H groups in total. The highest BCUT2D eigenvalue weighted by atomic mass is 31.2. The maximum absolute atomic E-state index is 12.4. The lowest BCUT2D eigenvalue weighted by Crippen LogP contribution is -2.29. The van der Waals surface area contributed by atoms with Crippen molar-refractivity contribution in [3.8, 4) is 0 Å². The van der Waals surface area contributed by atoms with Gasteiger partial charge in [-0.3, -0.25) is 14.1 Å². The molecule has 0 unspecified atom stereocenters. The smallest absolute Gasteiger partial charge is 0.462 e. The molecule has 8 nitrogen and oxygen atoms in total. The molecule has 0 radical (unpaired) electrons. The highest BCUT2D eigenvalue weighted by Gasteiger charge is 2.23. The maximum Gasteiger partial charge on any atom is 0.469 e. The lowest BCUT2D eigenvalue weighted by Gasteiger charge is -2.18. The number of ether oxygens (including phenoxy) is 2. The largest absolute Gasteiger partial charge is 0.469 e. The van der Waals surface area contributed by atoms with E-state index in [1.165, 1.54) is 173 Å². The Balaban J connectivity index is 3.84. The van der Waals surface area contributed by atoms with Gasteiger partial charge >= 0.3 is 19.8 Å². The third-order valence-electron chi connectivity index (χ3n) is 10.4. The van der Waals surface area contributed by atoms with E-state index in [9.17, 15) is 14.2 Å². The molecule has 0 rings (SSSR count). The van der Waals surface area contributed by atoms with Crippen molar-refractivity contribution in [2.45, 2.75) is 251 Å². The zero-order valence-electron chi connectivity index (χ0n) is 36.5. The summed E-state index contributed by atoms with van der Waals surface area (Å²) in [5.74, 6) is -0.879. The van der Waals surface area contributed by atoms with E-state index in [-0.39, 0.29) is 19.4 Å². The van der Waals surface area contributed by atoms with E-state index in [1.807, 2.05) is 0 Å². The topological polar surface area (TPSA) is 119 Å². The highest BCUT2D eigenvalue weighted by molar-refractivity contribution is 7.46. The minimum atomic E-state index is -4.76. The van der Waals surface area contributed by atoms with Gasteiger partial charge in [0.2, 0.25) is 0 Å². The predicted molar refractivity (Wildman–Crippen MR) is 235 cm³/mol. The molecule has 0 spiro atoms. The monoisotopic (exact) mass is 813 g/mol. The number of carbonyl (C=O) groups excluding carboxylic acids is 2. The molecule has 9 heteroatoms. The van der Waals surface area contributed by atoms with Crippen LogP contribution in [0, 0.1) is 0 Å². The van der Waals surface area contributed by atoms with Crippen molar-refractivity contribution in [1.82, 2.24) is 0 Å². The van der Waals surface area contributed by atoms with Crippen LogP contribution in [-0.4, -0.2) is 41.0 Å². The van der Waals surface area contributed by atoms with Gasteiger partial charge in [-0.2, -0.15) is 0 Å². The Morgan fingerprint density at radius 2 is 0.750 bits per heavy atom. The SMILES string of the molecule is CCCCCCCC/C=C/CCCCCCCCCCCC(=O)OC[C@H](COP(=O)(O)O)OC(=O)CCCCCCCCCCC/C=C/CCCCCCCC. The van der Waals surface area contributed by atoms with Crippen molar-refractivity contribution in [3.63, 3.8) is 0 Å². The first-order valence-corrected chi connectivity index (χ1v) is 25.2. The number of allylic oxidation sites excluding steroid dienone is 4. The second kappa shape index (κ2) is 43.1. The van der Waals surface area contributed by atoms with Crippen LogP contribution in [0.4, 0.5) is 0 Å². The molecular weight excluding hydrogens is 723 g/mol. The third-order valence-corrected chi connectivity index (χ3v) is 10.9. The number of hydrogen-bond acceptors (Lipinski definition) is 6. The zero-order chi connectivity index (χ0) is 41.1. The van der Waals surface area contributed by atoms with Crippen molar-refractivity contribution >= 4 is 19.8 Å². The molecule has 1 atom stereocenters. The summed E-state index contributed by atoms with van der Waals surface area (Å²) >= 11 is 0. The van der Waals surface area contributed by atoms with Gasteiger partial charge in [0.15, 0.2) is 6.10 Å². The summed E-state index contributed by atoms with van der Waals surface area (Å²) in [5.41, 5.74) is 0. The van der Waals surface area contributed by atoms with Crippen molar-refractivity contribution in [2.24, 2.45) is 0 Å². The highest BCUT2D eigenvalue weighted by Crippen LogP contribution is 2.36. The van der Waals surface area contributed by atoms with Crippen molar-refractivity contribution in [2.75, 3.05) is 13.2 Å². The molecule has 0 aliphatic heterocycles. The second-order valence-electron chi connectivity index (χ2n) is 16.1. The maximum atomic E-state index is 12.4. The molecule has 0 saturated carbocycles. The van der Waals surface area contributed by atoms with E-state index >= 15 is 0 Å². The van der Waals surface area contributed by atoms with E-state index < -0.39 is 32.5 Å². The van der Waals surface area contributed by atoms with E-state index in [2.05, 4.69) is 42.7 Å². The minimum absolute atomic E-state index is 0.212. The molecule has 0 aromatic rings. The van der Waals surface area contributed by atoms with Crippen LogP contribution in [0.15, 0.2) is 24.3 Å². The number of hydrogen-bond donors (Lipinski definition) is 2. The fraction of sp³-hybridized carbons (Fsp3) is 0.872.